The Labute approximate surface area is 233 Å². The fourth-order valence-corrected chi connectivity index (χ4v) is 7.75. The van der Waals surface area contributed by atoms with Crippen LogP contribution in [0.15, 0.2) is 23.3 Å². The number of hydrogen-bond acceptors (Lipinski definition) is 6. The molecule has 0 radical (unpaired) electrons. The lowest BCUT2D eigenvalue weighted by atomic mass is 9.65. The van der Waals surface area contributed by atoms with Gasteiger partial charge in [0.05, 0.1) is 36.6 Å². The summed E-state index contributed by atoms with van der Waals surface area (Å²) in [5.41, 5.74) is 6.10. The molecule has 0 bridgehead atoms. The van der Waals surface area contributed by atoms with Crippen LogP contribution in [0.4, 0.5) is 13.2 Å². The van der Waals surface area contributed by atoms with Crippen molar-refractivity contribution in [3.8, 4) is 0 Å². The summed E-state index contributed by atoms with van der Waals surface area (Å²) in [7, 11) is 2.13. The molecule has 4 aliphatic rings. The summed E-state index contributed by atoms with van der Waals surface area (Å²) in [6.45, 7) is 6.51. The van der Waals surface area contributed by atoms with Crippen LogP contribution in [0.1, 0.15) is 82.0 Å². The summed E-state index contributed by atoms with van der Waals surface area (Å²) in [6, 6.07) is 0.879. The van der Waals surface area contributed by atoms with E-state index in [0.717, 1.165) is 32.4 Å². The molecule has 2 aromatic rings. The Balaban J connectivity index is 1.33. The first-order valence-corrected chi connectivity index (χ1v) is 15.0. The Morgan fingerprint density at radius 3 is 2.50 bits per heavy atom. The van der Waals surface area contributed by atoms with E-state index in [0.29, 0.717) is 43.0 Å². The van der Waals surface area contributed by atoms with Crippen molar-refractivity contribution in [2.75, 3.05) is 33.4 Å². The molecular weight excluding hydrogens is 521 g/mol. The summed E-state index contributed by atoms with van der Waals surface area (Å²) >= 11 is 0. The van der Waals surface area contributed by atoms with E-state index >= 15 is 0 Å². The summed E-state index contributed by atoms with van der Waals surface area (Å²) in [5, 5.41) is 0. The fourth-order valence-electron chi connectivity index (χ4n) is 7.75. The molecule has 4 fully saturated rings. The predicted molar refractivity (Wildman–Crippen MR) is 147 cm³/mol. The van der Waals surface area contributed by atoms with E-state index in [2.05, 4.69) is 27.7 Å². The highest BCUT2D eigenvalue weighted by Gasteiger charge is 2.44. The third kappa shape index (κ3) is 5.24. The summed E-state index contributed by atoms with van der Waals surface area (Å²) < 4.78 is 51.7. The van der Waals surface area contributed by atoms with Gasteiger partial charge >= 0.3 is 11.9 Å². The van der Waals surface area contributed by atoms with Crippen LogP contribution in [0.5, 0.6) is 0 Å². The minimum Gasteiger partial charge on any atom is -0.376 e. The second-order valence-electron chi connectivity index (χ2n) is 12.6. The third-order valence-corrected chi connectivity index (χ3v) is 10.2. The van der Waals surface area contributed by atoms with E-state index in [-0.39, 0.29) is 35.6 Å². The normalized spacial score (nSPS) is 30.9. The number of rotatable bonds is 6. The van der Waals surface area contributed by atoms with Crippen molar-refractivity contribution in [3.63, 3.8) is 0 Å². The number of fused-ring (bicyclic) bond motifs is 1. The Hall–Kier alpha value is -1.92. The molecule has 2 aromatic heterocycles. The quantitative estimate of drug-likeness (QED) is 0.543. The molecule has 6 rings (SSSR count). The average Bonchev–Trinajstić information content (AvgIpc) is 3.47. The zero-order valence-electron chi connectivity index (χ0n) is 23.8. The molecule has 222 valence electrons. The predicted octanol–water partition coefficient (Wildman–Crippen LogP) is 4.37. The maximum Gasteiger partial charge on any atom is 0.418 e. The number of morpholine rings is 1. The standard InChI is InChI=1S/C29H43F3N6O2/c1-18-14-36(10-11-40-18)19(2)22-13-24(29(30,31)32)25-16-37(28(39)38(25)15-22)23-9-5-8-21(12-23)26(20-6-4-7-20)27-34-33-17-35(27)3/h13,15-16,18-21,23,26-27,33-34H,4-12,14,17H2,1-3H3/t18-,19-,21?,23?,26-,27?/m1/s1. The van der Waals surface area contributed by atoms with Gasteiger partial charge in [-0.3, -0.25) is 18.8 Å². The van der Waals surface area contributed by atoms with E-state index in [1.807, 2.05) is 13.8 Å². The van der Waals surface area contributed by atoms with Crippen molar-refractivity contribution in [2.45, 2.75) is 89.3 Å². The lowest BCUT2D eigenvalue weighted by molar-refractivity contribution is -0.136. The van der Waals surface area contributed by atoms with Gasteiger partial charge in [0.15, 0.2) is 0 Å². The lowest BCUT2D eigenvalue weighted by Crippen LogP contribution is -2.50. The molecule has 6 atom stereocenters. The monoisotopic (exact) mass is 564 g/mol. The number of nitrogens with zero attached hydrogens (tertiary/aromatic N) is 4. The molecule has 3 unspecified atom stereocenters. The van der Waals surface area contributed by atoms with Gasteiger partial charge < -0.3 is 4.74 Å². The molecule has 2 N–H and O–H groups in total. The van der Waals surface area contributed by atoms with Crippen molar-refractivity contribution < 1.29 is 17.9 Å². The SMILES string of the molecule is C[C@@H]1CN([C@H](C)c2cc(C(F)(F)F)c3cn(C4CCCC([C@@H](C5CCC5)C5NNCN5C)C4)c(=O)n3c2)CCO1. The van der Waals surface area contributed by atoms with Crippen molar-refractivity contribution >= 4 is 5.52 Å². The minimum absolute atomic E-state index is 0.0174. The van der Waals surface area contributed by atoms with Gasteiger partial charge in [-0.05, 0) is 69.5 Å². The van der Waals surface area contributed by atoms with Gasteiger partial charge in [0.1, 0.15) is 0 Å². The molecule has 4 heterocycles. The zero-order valence-corrected chi connectivity index (χ0v) is 23.8. The Bertz CT molecular complexity index is 1260. The molecule has 8 nitrogen and oxygen atoms in total. The summed E-state index contributed by atoms with van der Waals surface area (Å²) in [6.07, 6.45) is 6.23. The first-order chi connectivity index (χ1) is 19.1. The number of aromatic nitrogens is 2. The number of hydrazine groups is 1. The molecule has 0 aromatic carbocycles. The largest absolute Gasteiger partial charge is 0.418 e. The fraction of sp³-hybridized carbons (Fsp3) is 0.759. The van der Waals surface area contributed by atoms with Crippen LogP contribution in [0.3, 0.4) is 0 Å². The van der Waals surface area contributed by atoms with Crippen LogP contribution < -0.4 is 16.5 Å². The minimum atomic E-state index is -4.56. The van der Waals surface area contributed by atoms with Gasteiger partial charge in [-0.25, -0.2) is 15.6 Å². The van der Waals surface area contributed by atoms with Gasteiger partial charge in [-0.2, -0.15) is 13.2 Å². The maximum atomic E-state index is 14.4. The maximum absolute atomic E-state index is 14.4. The highest BCUT2D eigenvalue weighted by molar-refractivity contribution is 5.56. The highest BCUT2D eigenvalue weighted by Crippen LogP contribution is 2.47. The molecule has 0 amide bonds. The van der Waals surface area contributed by atoms with Gasteiger partial charge in [0, 0.05) is 37.6 Å². The molecule has 2 aliphatic carbocycles. The van der Waals surface area contributed by atoms with Gasteiger partial charge in [0.25, 0.3) is 0 Å². The van der Waals surface area contributed by atoms with Crippen LogP contribution in [0, 0.1) is 17.8 Å². The second-order valence-corrected chi connectivity index (χ2v) is 12.6. The van der Waals surface area contributed by atoms with Crippen molar-refractivity contribution in [1.29, 1.82) is 0 Å². The highest BCUT2D eigenvalue weighted by atomic mass is 19.4. The Morgan fingerprint density at radius 1 is 1.10 bits per heavy atom. The van der Waals surface area contributed by atoms with Gasteiger partial charge in [-0.1, -0.05) is 25.7 Å². The van der Waals surface area contributed by atoms with Gasteiger partial charge in [-0.15, -0.1) is 0 Å². The van der Waals surface area contributed by atoms with Crippen LogP contribution in [-0.4, -0.2) is 64.5 Å². The van der Waals surface area contributed by atoms with Crippen LogP contribution in [0.2, 0.25) is 0 Å². The van der Waals surface area contributed by atoms with E-state index in [1.165, 1.54) is 35.9 Å². The van der Waals surface area contributed by atoms with Crippen LogP contribution >= 0.6 is 0 Å². The van der Waals surface area contributed by atoms with Crippen molar-refractivity contribution in [2.24, 2.45) is 17.8 Å². The molecule has 40 heavy (non-hydrogen) atoms. The second kappa shape index (κ2) is 11.1. The van der Waals surface area contributed by atoms with Crippen LogP contribution in [-0.2, 0) is 10.9 Å². The van der Waals surface area contributed by atoms with E-state index in [1.54, 1.807) is 10.8 Å². The van der Waals surface area contributed by atoms with Gasteiger partial charge in [0.2, 0.25) is 0 Å². The molecular formula is C29H43F3N6O2. The Kier molecular flexibility index (Phi) is 7.80. The van der Waals surface area contributed by atoms with Crippen molar-refractivity contribution in [3.05, 3.63) is 40.1 Å². The Morgan fingerprint density at radius 2 is 1.85 bits per heavy atom. The number of ether oxygens (including phenoxy) is 1. The van der Waals surface area contributed by atoms with E-state index in [4.69, 9.17) is 4.74 Å². The molecule has 2 saturated heterocycles. The topological polar surface area (TPSA) is 66.2 Å². The third-order valence-electron chi connectivity index (χ3n) is 10.2. The molecule has 0 spiro atoms. The first kappa shape index (κ1) is 28.2. The number of imidazole rings is 1. The lowest BCUT2D eigenvalue weighted by Gasteiger charge is -2.46. The first-order valence-electron chi connectivity index (χ1n) is 15.0. The summed E-state index contributed by atoms with van der Waals surface area (Å²) in [4.78, 5) is 18.2. The smallest absolute Gasteiger partial charge is 0.376 e. The number of hydrogen-bond donors (Lipinski definition) is 2. The van der Waals surface area contributed by atoms with E-state index in [9.17, 15) is 18.0 Å². The van der Waals surface area contributed by atoms with Crippen LogP contribution in [0.25, 0.3) is 5.52 Å². The number of nitrogens with one attached hydrogen (secondary N) is 2. The summed E-state index contributed by atoms with van der Waals surface area (Å²) in [5.74, 6) is 1.52. The number of alkyl halides is 3. The zero-order chi connectivity index (χ0) is 28.2. The average molecular weight is 565 g/mol. The molecule has 11 heteroatoms. The molecule has 2 saturated carbocycles. The number of pyridine rings is 1. The van der Waals surface area contributed by atoms with E-state index < -0.39 is 11.7 Å². The van der Waals surface area contributed by atoms with Crippen molar-refractivity contribution in [1.82, 2.24) is 29.6 Å². The number of halogens is 3. The molecule has 2 aliphatic heterocycles.